The van der Waals surface area contributed by atoms with Gasteiger partial charge in [0.25, 0.3) is 0 Å². The molecule has 26 heavy (non-hydrogen) atoms. The molecule has 0 atom stereocenters. The van der Waals surface area contributed by atoms with Crippen molar-refractivity contribution in [1.29, 1.82) is 0 Å². The van der Waals surface area contributed by atoms with E-state index in [2.05, 4.69) is 111 Å². The van der Waals surface area contributed by atoms with Gasteiger partial charge in [0.2, 0.25) is 0 Å². The van der Waals surface area contributed by atoms with Gasteiger partial charge in [-0.05, 0) is 65.8 Å². The second-order valence-corrected chi connectivity index (χ2v) is 8.63. The molecule has 1 saturated carbocycles. The van der Waals surface area contributed by atoms with Crippen molar-refractivity contribution in [2.75, 3.05) is 0 Å². The Hall–Kier alpha value is -2.17. The van der Waals surface area contributed by atoms with Crippen molar-refractivity contribution in [3.63, 3.8) is 0 Å². The van der Waals surface area contributed by atoms with Crippen LogP contribution in [0.3, 0.4) is 0 Å². The van der Waals surface area contributed by atoms with E-state index in [0.29, 0.717) is 0 Å². The van der Waals surface area contributed by atoms with Gasteiger partial charge in [-0.25, -0.2) is 0 Å². The molecule has 4 aromatic rings. The topological polar surface area (TPSA) is 0 Å². The van der Waals surface area contributed by atoms with Crippen molar-refractivity contribution in [3.8, 4) is 0 Å². The van der Waals surface area contributed by atoms with Crippen molar-refractivity contribution in [3.05, 3.63) is 116 Å². The third kappa shape index (κ3) is 2.74. The second kappa shape index (κ2) is 6.86. The van der Waals surface area contributed by atoms with Crippen molar-refractivity contribution in [2.45, 2.75) is 0 Å². The summed E-state index contributed by atoms with van der Waals surface area (Å²) in [7, 11) is -0.609. The Morgan fingerprint density at radius 3 is 1.46 bits per heavy atom. The summed E-state index contributed by atoms with van der Waals surface area (Å²) in [6.45, 7) is 0. The van der Waals surface area contributed by atoms with Crippen LogP contribution in [-0.4, -0.2) is 0 Å². The lowest BCUT2D eigenvalue weighted by Gasteiger charge is -2.27. The minimum Gasteiger partial charge on any atom is -0.0616 e. The zero-order valence-corrected chi connectivity index (χ0v) is 15.2. The highest BCUT2D eigenvalue weighted by Crippen LogP contribution is 2.53. The third-order valence-electron chi connectivity index (χ3n) is 4.92. The SMILES string of the molecule is [CH]1[CH][CH][C](P(c2cccc3ccccc23)c2cccc3ccccc23)[CH]1. The molecule has 0 bridgehead atoms. The predicted octanol–water partition coefficient (Wildman–Crippen LogP) is 5.79. The molecule has 5 rings (SSSR count). The van der Waals surface area contributed by atoms with Gasteiger partial charge in [-0.3, -0.25) is 0 Å². The van der Waals surface area contributed by atoms with E-state index in [9.17, 15) is 0 Å². The fraction of sp³-hybridized carbons (Fsp3) is 0. The third-order valence-corrected chi connectivity index (χ3v) is 7.48. The minimum absolute atomic E-state index is 0.609. The van der Waals surface area contributed by atoms with Gasteiger partial charge in [-0.15, -0.1) is 0 Å². The number of benzene rings is 4. The first-order chi connectivity index (χ1) is 12.9. The molecule has 123 valence electrons. The van der Waals surface area contributed by atoms with Crippen molar-refractivity contribution in [1.82, 2.24) is 0 Å². The first-order valence-electron chi connectivity index (χ1n) is 8.89. The Morgan fingerprint density at radius 2 is 0.923 bits per heavy atom. The minimum atomic E-state index is -0.609. The van der Waals surface area contributed by atoms with E-state index < -0.39 is 7.92 Å². The molecule has 4 aromatic carbocycles. The monoisotopic (exact) mass is 349 g/mol. The Kier molecular flexibility index (Phi) is 4.23. The van der Waals surface area contributed by atoms with E-state index in [0.717, 1.165) is 0 Å². The largest absolute Gasteiger partial charge is 0.0616 e. The van der Waals surface area contributed by atoms with Crippen LogP contribution in [-0.2, 0) is 0 Å². The average molecular weight is 349 g/mol. The molecule has 1 heteroatoms. The van der Waals surface area contributed by atoms with Crippen molar-refractivity contribution in [2.24, 2.45) is 0 Å². The summed E-state index contributed by atoms with van der Waals surface area (Å²) < 4.78 is 0. The maximum atomic E-state index is 2.31. The van der Waals surface area contributed by atoms with Crippen LogP contribution in [0.15, 0.2) is 84.9 Å². The van der Waals surface area contributed by atoms with Gasteiger partial charge in [0, 0.05) is 5.66 Å². The number of fused-ring (bicyclic) bond motifs is 2. The van der Waals surface area contributed by atoms with Crippen molar-refractivity contribution >= 4 is 40.1 Å². The fourth-order valence-electron chi connectivity index (χ4n) is 3.73. The maximum Gasteiger partial charge on any atom is 0.0162 e. The maximum absolute atomic E-state index is 2.31. The average Bonchev–Trinajstić information content (AvgIpc) is 3.23. The van der Waals surface area contributed by atoms with E-state index in [1.54, 1.807) is 0 Å². The van der Waals surface area contributed by atoms with Crippen LogP contribution in [0.5, 0.6) is 0 Å². The lowest BCUT2D eigenvalue weighted by Crippen LogP contribution is -2.17. The molecule has 1 aliphatic carbocycles. The molecule has 0 amide bonds. The summed E-state index contributed by atoms with van der Waals surface area (Å²) in [5, 5.41) is 8.19. The molecule has 0 spiro atoms. The van der Waals surface area contributed by atoms with Crippen LogP contribution in [0.25, 0.3) is 21.5 Å². The Labute approximate surface area is 156 Å². The van der Waals surface area contributed by atoms with E-state index in [1.165, 1.54) is 37.8 Å². The zero-order valence-electron chi connectivity index (χ0n) is 14.3. The number of hydrogen-bond acceptors (Lipinski definition) is 0. The first kappa shape index (κ1) is 16.0. The highest BCUT2D eigenvalue weighted by molar-refractivity contribution is 7.77. The Morgan fingerprint density at radius 1 is 0.462 bits per heavy atom. The van der Waals surface area contributed by atoms with Gasteiger partial charge < -0.3 is 0 Å². The van der Waals surface area contributed by atoms with Crippen LogP contribution >= 0.6 is 7.92 Å². The molecule has 0 N–H and O–H groups in total. The summed E-state index contributed by atoms with van der Waals surface area (Å²) >= 11 is 0. The van der Waals surface area contributed by atoms with Gasteiger partial charge >= 0.3 is 0 Å². The normalized spacial score (nSPS) is 15.3. The lowest BCUT2D eigenvalue weighted by molar-refractivity contribution is 1.52. The fourth-order valence-corrected chi connectivity index (χ4v) is 6.37. The molecule has 0 unspecified atom stereocenters. The summed E-state index contributed by atoms with van der Waals surface area (Å²) in [4.78, 5) is 0. The van der Waals surface area contributed by atoms with Crippen LogP contribution in [0.4, 0.5) is 0 Å². The molecule has 0 aliphatic heterocycles. The molecule has 5 radical (unpaired) electrons. The van der Waals surface area contributed by atoms with Gasteiger partial charge in [0.05, 0.1) is 0 Å². The highest BCUT2D eigenvalue weighted by Gasteiger charge is 2.30. The van der Waals surface area contributed by atoms with E-state index in [1.807, 2.05) is 0 Å². The number of rotatable bonds is 3. The summed E-state index contributed by atoms with van der Waals surface area (Å²) in [6.07, 6.45) is 8.85. The van der Waals surface area contributed by atoms with Gasteiger partial charge in [0.1, 0.15) is 0 Å². The molecule has 0 saturated heterocycles. The van der Waals surface area contributed by atoms with Crippen LogP contribution in [0.1, 0.15) is 0 Å². The highest BCUT2D eigenvalue weighted by atomic mass is 31.1. The molecule has 0 heterocycles. The first-order valence-corrected chi connectivity index (χ1v) is 10.2. The smallest absolute Gasteiger partial charge is 0.0162 e. The van der Waals surface area contributed by atoms with E-state index in [4.69, 9.17) is 0 Å². The van der Waals surface area contributed by atoms with Crippen LogP contribution in [0, 0.1) is 31.3 Å². The van der Waals surface area contributed by atoms with Gasteiger partial charge in [-0.2, -0.15) is 0 Å². The van der Waals surface area contributed by atoms with Gasteiger partial charge in [-0.1, -0.05) is 84.9 Å². The molecular formula is C25H18P. The number of hydrogen-bond donors (Lipinski definition) is 0. The predicted molar refractivity (Wildman–Crippen MR) is 115 cm³/mol. The lowest BCUT2D eigenvalue weighted by atomic mass is 10.1. The molecular weight excluding hydrogens is 331 g/mol. The standard InChI is InChI=1S/C25H18P/c1-5-15-22-19(9-1)11-7-17-24(22)26(21-13-3-4-14-21)25-18-8-12-20-10-2-6-16-23(20)25/h1-18H. The Bertz CT molecular complexity index is 970. The van der Waals surface area contributed by atoms with E-state index in [-0.39, 0.29) is 0 Å². The van der Waals surface area contributed by atoms with Crippen molar-refractivity contribution < 1.29 is 0 Å². The van der Waals surface area contributed by atoms with E-state index >= 15 is 0 Å². The molecule has 0 nitrogen and oxygen atoms in total. The quantitative estimate of drug-likeness (QED) is 0.411. The Balaban J connectivity index is 1.78. The summed E-state index contributed by atoms with van der Waals surface area (Å²) in [6, 6.07) is 30.9. The summed E-state index contributed by atoms with van der Waals surface area (Å²) in [5.74, 6) is 0. The second-order valence-electron chi connectivity index (χ2n) is 6.48. The molecule has 0 aromatic heterocycles. The molecule has 1 fully saturated rings. The van der Waals surface area contributed by atoms with Crippen LogP contribution < -0.4 is 10.6 Å². The zero-order chi connectivity index (χ0) is 17.3. The molecule has 1 aliphatic rings. The summed E-state index contributed by atoms with van der Waals surface area (Å²) in [5.41, 5.74) is 1.41. The van der Waals surface area contributed by atoms with Crippen LogP contribution in [0.2, 0.25) is 0 Å². The van der Waals surface area contributed by atoms with Gasteiger partial charge in [0.15, 0.2) is 0 Å².